The van der Waals surface area contributed by atoms with Crippen LogP contribution in [0.25, 0.3) is 4.96 Å². The first-order chi connectivity index (χ1) is 12.4. The highest BCUT2D eigenvalue weighted by atomic mass is 32.1. The molecule has 3 aromatic rings. The first-order valence-electron chi connectivity index (χ1n) is 9.01. The molecule has 1 aromatic carbocycles. The van der Waals surface area contributed by atoms with Gasteiger partial charge in [-0.15, -0.1) is 10.2 Å². The van der Waals surface area contributed by atoms with Gasteiger partial charge >= 0.3 is 0 Å². The third-order valence-electron chi connectivity index (χ3n) is 4.64. The van der Waals surface area contributed by atoms with E-state index in [0.29, 0.717) is 24.4 Å². The average Bonchev–Trinajstić information content (AvgIpc) is 3.24. The van der Waals surface area contributed by atoms with E-state index in [1.54, 1.807) is 11.3 Å². The number of rotatable bonds is 5. The number of carbonyl (C=O) groups excluding carboxylic acids is 1. The predicted octanol–water partition coefficient (Wildman–Crippen LogP) is 3.33. The molecule has 1 aliphatic rings. The summed E-state index contributed by atoms with van der Waals surface area (Å²) in [7, 11) is 0. The lowest BCUT2D eigenvalue weighted by atomic mass is 9.87. The zero-order valence-corrected chi connectivity index (χ0v) is 16.1. The van der Waals surface area contributed by atoms with Crippen molar-refractivity contribution < 1.29 is 4.79 Å². The van der Waals surface area contributed by atoms with Gasteiger partial charge in [-0.25, -0.2) is 0 Å². The Morgan fingerprint density at radius 3 is 2.62 bits per heavy atom. The molecule has 1 amide bonds. The molecule has 1 aliphatic carbocycles. The lowest BCUT2D eigenvalue weighted by Gasteiger charge is -2.19. The van der Waals surface area contributed by atoms with E-state index in [9.17, 15) is 4.79 Å². The van der Waals surface area contributed by atoms with Gasteiger partial charge in [0.25, 0.3) is 5.91 Å². The largest absolute Gasteiger partial charge is 0.352 e. The number of hydrogen-bond acceptors (Lipinski definition) is 5. The van der Waals surface area contributed by atoms with Gasteiger partial charge in [0, 0.05) is 24.4 Å². The molecular weight excluding hydrogens is 346 g/mol. The van der Waals surface area contributed by atoms with Crippen LogP contribution in [0.3, 0.4) is 0 Å². The van der Waals surface area contributed by atoms with Gasteiger partial charge < -0.3 is 5.32 Å². The average molecular weight is 369 g/mol. The molecule has 0 bridgehead atoms. The smallest absolute Gasteiger partial charge is 0.251 e. The lowest BCUT2D eigenvalue weighted by molar-refractivity contribution is 0.0954. The highest BCUT2D eigenvalue weighted by Gasteiger charge is 2.30. The van der Waals surface area contributed by atoms with Crippen molar-refractivity contribution in [2.45, 2.75) is 51.4 Å². The fraction of sp³-hybridized carbons (Fsp3) is 0.474. The van der Waals surface area contributed by atoms with Crippen molar-refractivity contribution in [1.82, 2.24) is 25.1 Å². The van der Waals surface area contributed by atoms with Crippen LogP contribution >= 0.6 is 11.3 Å². The third kappa shape index (κ3) is 3.49. The minimum atomic E-state index is -0.0490. The maximum Gasteiger partial charge on any atom is 0.251 e. The number of benzene rings is 1. The molecule has 1 N–H and O–H groups in total. The van der Waals surface area contributed by atoms with E-state index in [0.717, 1.165) is 15.8 Å². The third-order valence-corrected chi connectivity index (χ3v) is 5.60. The predicted molar refractivity (Wildman–Crippen MR) is 102 cm³/mol. The number of aromatic nitrogens is 4. The van der Waals surface area contributed by atoms with E-state index in [2.05, 4.69) is 41.4 Å². The molecule has 2 aromatic heterocycles. The van der Waals surface area contributed by atoms with Crippen LogP contribution in [-0.4, -0.2) is 32.3 Å². The van der Waals surface area contributed by atoms with Crippen LogP contribution in [0.2, 0.25) is 0 Å². The second-order valence-electron chi connectivity index (χ2n) is 7.86. The number of hydrogen-bond donors (Lipinski definition) is 1. The van der Waals surface area contributed by atoms with Crippen LogP contribution in [0.1, 0.15) is 66.3 Å². The van der Waals surface area contributed by atoms with Crippen LogP contribution in [0, 0.1) is 0 Å². The molecule has 7 heteroatoms. The van der Waals surface area contributed by atoms with Gasteiger partial charge in [-0.1, -0.05) is 44.2 Å². The monoisotopic (exact) mass is 369 g/mol. The molecule has 136 valence electrons. The van der Waals surface area contributed by atoms with Gasteiger partial charge in [-0.2, -0.15) is 9.61 Å². The Bertz CT molecular complexity index is 931. The van der Waals surface area contributed by atoms with Crippen molar-refractivity contribution in [3.8, 4) is 0 Å². The second kappa shape index (κ2) is 6.46. The molecule has 2 heterocycles. The standard InChI is InChI=1S/C19H23N5OS/c1-19(2,3)14-8-6-13(7-9-14)17(25)20-11-10-15-23-24-16(12-4-5-12)21-22-18(24)26-15/h6-9,12H,4-5,10-11H2,1-3H3,(H,20,25). The summed E-state index contributed by atoms with van der Waals surface area (Å²) in [6.45, 7) is 7.05. The van der Waals surface area contributed by atoms with E-state index in [4.69, 9.17) is 0 Å². The van der Waals surface area contributed by atoms with Crippen LogP contribution in [0.5, 0.6) is 0 Å². The molecule has 1 saturated carbocycles. The summed E-state index contributed by atoms with van der Waals surface area (Å²) in [5.41, 5.74) is 2.00. The minimum Gasteiger partial charge on any atom is -0.352 e. The van der Waals surface area contributed by atoms with Gasteiger partial charge in [0.1, 0.15) is 5.01 Å². The quantitative estimate of drug-likeness (QED) is 0.749. The molecule has 26 heavy (non-hydrogen) atoms. The number of fused-ring (bicyclic) bond motifs is 1. The fourth-order valence-corrected chi connectivity index (χ4v) is 3.72. The maximum atomic E-state index is 12.3. The summed E-state index contributed by atoms with van der Waals surface area (Å²) in [6.07, 6.45) is 3.05. The first-order valence-corrected chi connectivity index (χ1v) is 9.83. The number of carbonyl (C=O) groups is 1. The molecule has 0 radical (unpaired) electrons. The van der Waals surface area contributed by atoms with Crippen molar-refractivity contribution in [3.05, 3.63) is 46.2 Å². The van der Waals surface area contributed by atoms with Crippen LogP contribution < -0.4 is 5.32 Å². The first kappa shape index (κ1) is 17.1. The highest BCUT2D eigenvalue weighted by Crippen LogP contribution is 2.39. The number of nitrogens with zero attached hydrogens (tertiary/aromatic N) is 4. The van der Waals surface area contributed by atoms with Gasteiger partial charge in [-0.05, 0) is 36.0 Å². The van der Waals surface area contributed by atoms with Gasteiger partial charge in [0.05, 0.1) is 0 Å². The molecule has 0 atom stereocenters. The summed E-state index contributed by atoms with van der Waals surface area (Å²) >= 11 is 1.54. The number of nitrogens with one attached hydrogen (secondary N) is 1. The van der Waals surface area contributed by atoms with E-state index in [1.807, 2.05) is 28.8 Å². The van der Waals surface area contributed by atoms with Crippen molar-refractivity contribution in [2.24, 2.45) is 0 Å². The van der Waals surface area contributed by atoms with Crippen molar-refractivity contribution in [1.29, 1.82) is 0 Å². The maximum absolute atomic E-state index is 12.3. The molecule has 0 unspecified atom stereocenters. The van der Waals surface area contributed by atoms with Crippen LogP contribution in [0.15, 0.2) is 24.3 Å². The summed E-state index contributed by atoms with van der Waals surface area (Å²) < 4.78 is 1.87. The molecule has 0 saturated heterocycles. The van der Waals surface area contributed by atoms with Crippen LogP contribution in [-0.2, 0) is 11.8 Å². The summed E-state index contributed by atoms with van der Waals surface area (Å²) in [4.78, 5) is 13.2. The Morgan fingerprint density at radius 1 is 1.23 bits per heavy atom. The highest BCUT2D eigenvalue weighted by molar-refractivity contribution is 7.16. The summed E-state index contributed by atoms with van der Waals surface area (Å²) in [5.74, 6) is 1.45. The van der Waals surface area contributed by atoms with Crippen molar-refractivity contribution >= 4 is 22.2 Å². The van der Waals surface area contributed by atoms with E-state index >= 15 is 0 Å². The minimum absolute atomic E-state index is 0.0490. The Labute approximate surface area is 156 Å². The summed E-state index contributed by atoms with van der Waals surface area (Å²) in [5, 5.41) is 17.0. The Morgan fingerprint density at radius 2 is 1.96 bits per heavy atom. The van der Waals surface area contributed by atoms with E-state index < -0.39 is 0 Å². The molecule has 6 nitrogen and oxygen atoms in total. The molecule has 0 spiro atoms. The van der Waals surface area contributed by atoms with E-state index in [1.165, 1.54) is 18.4 Å². The van der Waals surface area contributed by atoms with Gasteiger partial charge in [-0.3, -0.25) is 4.79 Å². The van der Waals surface area contributed by atoms with Gasteiger partial charge in [0.15, 0.2) is 5.82 Å². The van der Waals surface area contributed by atoms with Crippen molar-refractivity contribution in [3.63, 3.8) is 0 Å². The van der Waals surface area contributed by atoms with E-state index in [-0.39, 0.29) is 11.3 Å². The normalized spacial score (nSPS) is 14.7. The van der Waals surface area contributed by atoms with Gasteiger partial charge in [0.2, 0.25) is 4.96 Å². The molecule has 1 fully saturated rings. The van der Waals surface area contributed by atoms with Crippen molar-refractivity contribution in [2.75, 3.05) is 6.54 Å². The second-order valence-corrected chi connectivity index (χ2v) is 8.90. The zero-order chi connectivity index (χ0) is 18.3. The molecule has 4 rings (SSSR count). The summed E-state index contributed by atoms with van der Waals surface area (Å²) in [6, 6.07) is 7.83. The topological polar surface area (TPSA) is 72.2 Å². The number of amides is 1. The fourth-order valence-electron chi connectivity index (χ4n) is 2.88. The van der Waals surface area contributed by atoms with Crippen LogP contribution in [0.4, 0.5) is 0 Å². The Hall–Kier alpha value is -2.28. The SMILES string of the molecule is CC(C)(C)c1ccc(C(=O)NCCc2nn3c(C4CC4)nnc3s2)cc1. The lowest BCUT2D eigenvalue weighted by Crippen LogP contribution is -2.25. The Balaban J connectivity index is 1.34. The molecule has 0 aliphatic heterocycles. The molecular formula is C19H23N5OS. The Kier molecular flexibility index (Phi) is 4.26. The zero-order valence-electron chi connectivity index (χ0n) is 15.3.